The predicted molar refractivity (Wildman–Crippen MR) is 203 cm³/mol. The van der Waals surface area contributed by atoms with E-state index in [1.54, 1.807) is 12.1 Å². The fraction of sp³-hybridized carbons (Fsp3) is 0.111. The van der Waals surface area contributed by atoms with Gasteiger partial charge >= 0.3 is 12.6 Å². The highest BCUT2D eigenvalue weighted by Gasteiger charge is 2.12. The third-order valence-electron chi connectivity index (χ3n) is 5.03. The van der Waals surface area contributed by atoms with Crippen molar-refractivity contribution in [2.24, 2.45) is 0 Å². The zero-order valence-corrected chi connectivity index (χ0v) is 34.7. The summed E-state index contributed by atoms with van der Waals surface area (Å²) in [4.78, 5) is 14.9. The fourth-order valence-electron chi connectivity index (χ4n) is 2.98. The second-order valence-corrected chi connectivity index (χ2v) is 26.8. The van der Waals surface area contributed by atoms with E-state index >= 15 is 0 Å². The van der Waals surface area contributed by atoms with Crippen LogP contribution in [0.3, 0.4) is 0 Å². The predicted octanol–water partition coefficient (Wildman–Crippen LogP) is 12.0. The molecule has 3 aromatic carbocycles. The number of methoxy groups -OCH3 is 1. The van der Waals surface area contributed by atoms with Gasteiger partial charge in [0.2, 0.25) is 0 Å². The molecule has 0 N–H and O–H groups in total. The molecule has 0 spiro atoms. The van der Waals surface area contributed by atoms with Gasteiger partial charge in [-0.05, 0) is 77.0 Å². The topological polar surface area (TPSA) is 82.6 Å². The quantitative estimate of drug-likeness (QED) is 0.0604. The first kappa shape index (κ1) is 44.5. The van der Waals surface area contributed by atoms with Crippen LogP contribution in [-0.2, 0) is 13.8 Å². The molecule has 47 heavy (non-hydrogen) atoms. The molecule has 0 aliphatic heterocycles. The first-order chi connectivity index (χ1) is 22.0. The number of carbonyl (C=O) groups excluding carboxylic acids is 1. The van der Waals surface area contributed by atoms with E-state index in [-0.39, 0.29) is 27.8 Å². The first-order valence-electron chi connectivity index (χ1n) is 12.3. The molecule has 0 fully saturated rings. The lowest BCUT2D eigenvalue weighted by molar-refractivity contribution is -0.0506. The second kappa shape index (κ2) is 23.0. The third-order valence-corrected chi connectivity index (χ3v) is 19.7. The van der Waals surface area contributed by atoms with Crippen LogP contribution in [-0.4, -0.2) is 33.1 Å². The van der Waals surface area contributed by atoms with Crippen LogP contribution < -0.4 is 4.74 Å². The summed E-state index contributed by atoms with van der Waals surface area (Å²) in [6.07, 6.45) is -1.13. The van der Waals surface area contributed by atoms with Crippen LogP contribution in [0.1, 0.15) is 22.3 Å². The van der Waals surface area contributed by atoms with Crippen molar-refractivity contribution in [3.05, 3.63) is 110 Å². The Morgan fingerprint density at radius 2 is 1.60 bits per heavy atom. The standard InChI is InChI=1S/C14H10BrClO2.C7H5ClF2O2S.C6H4BrF2NO.H7P5/c1-18-14(17)10-5-6-12(13(16)8-10)9-3-2-4-11(15)7-9;8-13(11,12)6-3-1-5(2-4-6)7(9)10;7-5-4(11-6(8)9)2-1-3-10-5;1-4-5(2)3/h2-8H,1H3;1-4,7H;1-3,6H;4H,1-3H2. The van der Waals surface area contributed by atoms with Crippen molar-refractivity contribution in [2.45, 2.75) is 17.9 Å². The Hall–Kier alpha value is -0.560. The van der Waals surface area contributed by atoms with Gasteiger partial charge in [-0.25, -0.2) is 27.0 Å². The summed E-state index contributed by atoms with van der Waals surface area (Å²) in [5.74, 6) is -0.347. The Bertz CT molecular complexity index is 1690. The molecule has 4 atom stereocenters. The monoisotopic (exact) mass is 935 g/mol. The van der Waals surface area contributed by atoms with Crippen LogP contribution in [0, 0.1) is 0 Å². The molecule has 0 aliphatic carbocycles. The van der Waals surface area contributed by atoms with Gasteiger partial charge < -0.3 is 9.47 Å². The summed E-state index contributed by atoms with van der Waals surface area (Å²) in [6, 6.07) is 20.0. The van der Waals surface area contributed by atoms with Gasteiger partial charge in [-0.2, -0.15) is 8.78 Å². The van der Waals surface area contributed by atoms with Crippen LogP contribution in [0.15, 0.2) is 99.0 Å². The van der Waals surface area contributed by atoms with E-state index in [9.17, 15) is 30.8 Å². The highest BCUT2D eigenvalue weighted by Crippen LogP contribution is 2.71. The molecule has 256 valence electrons. The number of rotatable bonds is 7. The number of ether oxygens (including phenoxy) is 2. The Balaban J connectivity index is 0.000000338. The van der Waals surface area contributed by atoms with Crippen LogP contribution in [0.2, 0.25) is 5.02 Å². The summed E-state index contributed by atoms with van der Waals surface area (Å²) in [6.45, 7) is -2.58. The maximum Gasteiger partial charge on any atom is 0.387 e. The summed E-state index contributed by atoms with van der Waals surface area (Å²) in [7, 11) is 11.7. The van der Waals surface area contributed by atoms with Gasteiger partial charge in [0.25, 0.3) is 15.5 Å². The van der Waals surface area contributed by atoms with E-state index in [1.165, 1.54) is 25.4 Å². The second-order valence-electron chi connectivity index (χ2n) is 8.21. The van der Waals surface area contributed by atoms with E-state index in [0.717, 1.165) is 47.8 Å². The average molecular weight is 938 g/mol. The highest BCUT2D eigenvalue weighted by atomic mass is 79.9. The molecule has 4 rings (SSSR count). The van der Waals surface area contributed by atoms with Crippen molar-refractivity contribution < 1.29 is 40.2 Å². The van der Waals surface area contributed by atoms with E-state index < -0.39 is 28.1 Å². The van der Waals surface area contributed by atoms with Crippen LogP contribution in [0.5, 0.6) is 5.75 Å². The van der Waals surface area contributed by atoms with Crippen molar-refractivity contribution in [3.8, 4) is 16.9 Å². The Morgan fingerprint density at radius 3 is 2.04 bits per heavy atom. The summed E-state index contributed by atoms with van der Waals surface area (Å²) in [5, 5.41) is 0.524. The minimum Gasteiger partial charge on any atom is -0.465 e. The number of carbonyl (C=O) groups is 1. The number of alkyl halides is 4. The molecular weight excluding hydrogens is 912 g/mol. The normalized spacial score (nSPS) is 10.9. The van der Waals surface area contributed by atoms with Crippen LogP contribution >= 0.6 is 95.9 Å². The fourth-order valence-corrected chi connectivity index (χ4v) is 4.78. The lowest BCUT2D eigenvalue weighted by Crippen LogP contribution is -2.02. The van der Waals surface area contributed by atoms with Gasteiger partial charge in [0.05, 0.1) is 17.6 Å². The van der Waals surface area contributed by atoms with Crippen molar-refractivity contribution in [1.29, 1.82) is 0 Å². The van der Waals surface area contributed by atoms with Crippen LogP contribution in [0.4, 0.5) is 17.6 Å². The minimum absolute atomic E-state index is 0.0440. The van der Waals surface area contributed by atoms with Gasteiger partial charge in [0.15, 0.2) is 5.75 Å². The molecule has 0 radical (unpaired) electrons. The molecule has 4 aromatic rings. The number of aromatic nitrogens is 1. The van der Waals surface area contributed by atoms with Gasteiger partial charge in [0, 0.05) is 37.5 Å². The summed E-state index contributed by atoms with van der Waals surface area (Å²) >= 11 is 12.6. The summed E-state index contributed by atoms with van der Waals surface area (Å²) in [5.41, 5.74) is 2.08. The van der Waals surface area contributed by atoms with Crippen molar-refractivity contribution >= 4 is 111 Å². The first-order valence-corrected chi connectivity index (χ1v) is 24.8. The lowest BCUT2D eigenvalue weighted by Gasteiger charge is -2.07. The Labute approximate surface area is 306 Å². The lowest BCUT2D eigenvalue weighted by atomic mass is 10.0. The number of hydrogen-bond acceptors (Lipinski definition) is 6. The molecule has 1 heterocycles. The Morgan fingerprint density at radius 1 is 0.979 bits per heavy atom. The van der Waals surface area contributed by atoms with Crippen molar-refractivity contribution in [1.82, 2.24) is 4.98 Å². The molecule has 0 bridgehead atoms. The van der Waals surface area contributed by atoms with E-state index in [0.29, 0.717) is 10.6 Å². The maximum absolute atomic E-state index is 12.0. The van der Waals surface area contributed by atoms with Gasteiger partial charge in [-0.3, -0.25) is 0 Å². The average Bonchev–Trinajstić information content (AvgIpc) is 3.02. The molecular formula is C27H26Br2Cl2F4NO5P5S. The van der Waals surface area contributed by atoms with Gasteiger partial charge in [-0.15, -0.1) is 26.8 Å². The number of hydrogen-bond donors (Lipinski definition) is 0. The highest BCUT2D eigenvalue weighted by molar-refractivity contribution is 9.10. The number of esters is 1. The molecule has 1 aromatic heterocycles. The number of pyridine rings is 1. The maximum atomic E-state index is 12.0. The smallest absolute Gasteiger partial charge is 0.387 e. The minimum atomic E-state index is -3.82. The van der Waals surface area contributed by atoms with Gasteiger partial charge in [-0.1, -0.05) is 65.8 Å². The molecule has 0 amide bonds. The number of benzene rings is 3. The Kier molecular flexibility index (Phi) is 21.8. The molecule has 4 unspecified atom stereocenters. The molecule has 0 saturated carbocycles. The zero-order chi connectivity index (χ0) is 35.7. The van der Waals surface area contributed by atoms with Crippen LogP contribution in [0.25, 0.3) is 11.1 Å². The summed E-state index contributed by atoms with van der Waals surface area (Å²) < 4.78 is 78.7. The SMILES string of the molecule is COC(=O)c1ccc(-c2cccc(Br)c2)c(Cl)c1.FC(F)Oc1cccnc1Br.O=S(=O)(Cl)c1ccc(C(F)F)cc1.PPP(P)P. The third kappa shape index (κ3) is 17.8. The van der Waals surface area contributed by atoms with Gasteiger partial charge in [0.1, 0.15) is 4.60 Å². The number of halogens is 8. The molecule has 20 heteroatoms. The largest absolute Gasteiger partial charge is 0.465 e. The number of nitrogens with zero attached hydrogens (tertiary/aromatic N) is 1. The van der Waals surface area contributed by atoms with E-state index in [2.05, 4.69) is 73.1 Å². The molecule has 0 saturated heterocycles. The zero-order valence-electron chi connectivity index (χ0n) is 23.8. The van der Waals surface area contributed by atoms with E-state index in [1.807, 2.05) is 30.3 Å². The molecule has 0 aliphatic rings. The molecule has 6 nitrogen and oxygen atoms in total. The van der Waals surface area contributed by atoms with Crippen molar-refractivity contribution in [2.75, 3.05) is 7.11 Å². The van der Waals surface area contributed by atoms with E-state index in [4.69, 9.17) is 22.3 Å². The van der Waals surface area contributed by atoms with Crippen molar-refractivity contribution in [3.63, 3.8) is 0 Å².